The molecule has 0 saturated heterocycles. The molecule has 1 N–H and O–H groups in total. The Morgan fingerprint density at radius 3 is 2.39 bits per heavy atom. The van der Waals surface area contributed by atoms with E-state index in [1.165, 1.54) is 18.4 Å². The van der Waals surface area contributed by atoms with E-state index < -0.39 is 10.0 Å². The molecule has 1 aliphatic carbocycles. The van der Waals surface area contributed by atoms with E-state index in [0.29, 0.717) is 24.0 Å². The molecule has 3 aromatic rings. The van der Waals surface area contributed by atoms with Crippen LogP contribution in [0.2, 0.25) is 0 Å². The molecular formula is C29H32N2O4S. The van der Waals surface area contributed by atoms with Gasteiger partial charge in [0.1, 0.15) is 0 Å². The number of anilines is 1. The van der Waals surface area contributed by atoms with Gasteiger partial charge in [0.05, 0.1) is 30.4 Å². The molecule has 3 aromatic carbocycles. The van der Waals surface area contributed by atoms with Crippen LogP contribution in [0.3, 0.4) is 0 Å². The van der Waals surface area contributed by atoms with Crippen LogP contribution >= 0.6 is 0 Å². The van der Waals surface area contributed by atoms with Crippen molar-refractivity contribution in [2.24, 2.45) is 4.99 Å². The van der Waals surface area contributed by atoms with Crippen molar-refractivity contribution in [3.63, 3.8) is 0 Å². The molecular weight excluding hydrogens is 472 g/mol. The third kappa shape index (κ3) is 4.72. The van der Waals surface area contributed by atoms with Crippen molar-refractivity contribution >= 4 is 21.4 Å². The predicted molar refractivity (Wildman–Crippen MR) is 143 cm³/mol. The molecule has 1 fully saturated rings. The first-order chi connectivity index (χ1) is 17.4. The molecule has 7 heteroatoms. The van der Waals surface area contributed by atoms with E-state index >= 15 is 0 Å². The molecule has 1 saturated carbocycles. The van der Waals surface area contributed by atoms with Gasteiger partial charge in [0, 0.05) is 22.7 Å². The Morgan fingerprint density at radius 2 is 1.69 bits per heavy atom. The molecule has 1 aliphatic heterocycles. The van der Waals surface area contributed by atoms with Gasteiger partial charge in [0.25, 0.3) is 10.0 Å². The lowest BCUT2D eigenvalue weighted by molar-refractivity contribution is 0.308. The number of hydrogen-bond acceptors (Lipinski definition) is 5. The van der Waals surface area contributed by atoms with E-state index in [4.69, 9.17) is 14.5 Å². The number of methoxy groups -OCH3 is 1. The second-order valence-corrected chi connectivity index (χ2v) is 11.1. The van der Waals surface area contributed by atoms with E-state index in [1.54, 1.807) is 43.5 Å². The summed E-state index contributed by atoms with van der Waals surface area (Å²) in [4.78, 5) is 5.45. The van der Waals surface area contributed by atoms with Crippen molar-refractivity contribution in [1.29, 1.82) is 0 Å². The maximum absolute atomic E-state index is 12.8. The average molecular weight is 505 g/mol. The molecule has 6 nitrogen and oxygen atoms in total. The SMILES string of the molecule is CCOc1cc2c(cc1OC)C(c1ccc(NS(=O)(=O)c3ccc(C)cc3)cc1)=N[C@H]1CCCC[C@@H]21. The number of rotatable bonds is 7. The van der Waals surface area contributed by atoms with Gasteiger partial charge in [-0.3, -0.25) is 9.71 Å². The molecule has 36 heavy (non-hydrogen) atoms. The van der Waals surface area contributed by atoms with Crippen LogP contribution < -0.4 is 14.2 Å². The van der Waals surface area contributed by atoms with Gasteiger partial charge >= 0.3 is 0 Å². The van der Waals surface area contributed by atoms with Gasteiger partial charge in [-0.1, -0.05) is 42.7 Å². The van der Waals surface area contributed by atoms with Crippen LogP contribution in [0.4, 0.5) is 5.69 Å². The van der Waals surface area contributed by atoms with E-state index in [2.05, 4.69) is 10.8 Å². The van der Waals surface area contributed by atoms with Gasteiger partial charge < -0.3 is 9.47 Å². The largest absolute Gasteiger partial charge is 0.493 e. The molecule has 0 amide bonds. The van der Waals surface area contributed by atoms with E-state index in [1.807, 2.05) is 32.0 Å². The molecule has 0 radical (unpaired) electrons. The number of benzene rings is 3. The lowest BCUT2D eigenvalue weighted by atomic mass is 9.75. The summed E-state index contributed by atoms with van der Waals surface area (Å²) in [6, 6.07) is 18.7. The van der Waals surface area contributed by atoms with Crippen molar-refractivity contribution in [2.75, 3.05) is 18.4 Å². The monoisotopic (exact) mass is 504 g/mol. The lowest BCUT2D eigenvalue weighted by Crippen LogP contribution is -2.29. The average Bonchev–Trinajstić information content (AvgIpc) is 2.88. The minimum absolute atomic E-state index is 0.239. The molecule has 1 heterocycles. The van der Waals surface area contributed by atoms with Crippen LogP contribution in [0.5, 0.6) is 11.5 Å². The Hall–Kier alpha value is -3.32. The molecule has 0 aromatic heterocycles. The van der Waals surface area contributed by atoms with E-state index in [9.17, 15) is 8.42 Å². The summed E-state index contributed by atoms with van der Waals surface area (Å²) < 4.78 is 39.9. The first kappa shape index (κ1) is 24.4. The van der Waals surface area contributed by atoms with Crippen LogP contribution in [0.25, 0.3) is 0 Å². The van der Waals surface area contributed by atoms with Gasteiger partial charge in [-0.2, -0.15) is 0 Å². The summed E-state index contributed by atoms with van der Waals surface area (Å²) in [5.74, 6) is 1.84. The summed E-state index contributed by atoms with van der Waals surface area (Å²) in [5.41, 5.74) is 5.71. The Labute approximate surface area is 213 Å². The van der Waals surface area contributed by atoms with Crippen LogP contribution in [-0.2, 0) is 10.0 Å². The first-order valence-corrected chi connectivity index (χ1v) is 14.0. The standard InChI is InChI=1S/C29H32N2O4S/c1-4-35-28-17-24-23-7-5-6-8-26(23)30-29(25(24)18-27(28)34-3)20-11-13-21(14-12-20)31-36(32,33)22-15-9-19(2)10-16-22/h9-18,23,26,31H,4-8H2,1-3H3/t23-,26-/m0/s1. The smallest absolute Gasteiger partial charge is 0.261 e. The first-order valence-electron chi connectivity index (χ1n) is 12.5. The highest BCUT2D eigenvalue weighted by molar-refractivity contribution is 7.92. The van der Waals surface area contributed by atoms with Gasteiger partial charge in [0.15, 0.2) is 11.5 Å². The lowest BCUT2D eigenvalue weighted by Gasteiger charge is -2.36. The van der Waals surface area contributed by atoms with Gasteiger partial charge in [-0.05, 0) is 68.7 Å². The number of nitrogens with one attached hydrogen (secondary N) is 1. The number of fused-ring (bicyclic) bond motifs is 3. The quantitative estimate of drug-likeness (QED) is 0.423. The van der Waals surface area contributed by atoms with Crippen molar-refractivity contribution in [3.05, 3.63) is 82.9 Å². The molecule has 2 aliphatic rings. The van der Waals surface area contributed by atoms with Gasteiger partial charge in [-0.15, -0.1) is 0 Å². The van der Waals surface area contributed by atoms with Crippen molar-refractivity contribution in [1.82, 2.24) is 0 Å². The second-order valence-electron chi connectivity index (χ2n) is 9.46. The number of aliphatic imine (C=N–C) groups is 1. The topological polar surface area (TPSA) is 77.0 Å². The van der Waals surface area contributed by atoms with Crippen LogP contribution in [0.1, 0.15) is 60.8 Å². The highest BCUT2D eigenvalue weighted by Crippen LogP contribution is 2.45. The maximum atomic E-state index is 12.8. The van der Waals surface area contributed by atoms with E-state index in [0.717, 1.165) is 41.0 Å². The Balaban J connectivity index is 1.49. The number of aryl methyl sites for hydroxylation is 1. The normalized spacial score (nSPS) is 19.0. The molecule has 5 rings (SSSR count). The van der Waals surface area contributed by atoms with Crippen molar-refractivity contribution in [3.8, 4) is 11.5 Å². The van der Waals surface area contributed by atoms with Crippen molar-refractivity contribution in [2.45, 2.75) is 56.4 Å². The summed E-state index contributed by atoms with van der Waals surface area (Å²) >= 11 is 0. The fourth-order valence-electron chi connectivity index (χ4n) is 5.24. The Morgan fingerprint density at radius 1 is 0.972 bits per heavy atom. The Bertz CT molecular complexity index is 1380. The minimum atomic E-state index is -3.66. The predicted octanol–water partition coefficient (Wildman–Crippen LogP) is 6.08. The molecule has 2 atom stereocenters. The summed E-state index contributed by atoms with van der Waals surface area (Å²) in [5, 5.41) is 0. The zero-order valence-electron chi connectivity index (χ0n) is 21.0. The molecule has 0 bridgehead atoms. The summed E-state index contributed by atoms with van der Waals surface area (Å²) in [6.45, 7) is 4.48. The molecule has 188 valence electrons. The number of sulfonamides is 1. The highest BCUT2D eigenvalue weighted by atomic mass is 32.2. The fourth-order valence-corrected chi connectivity index (χ4v) is 6.30. The zero-order chi connectivity index (χ0) is 25.3. The Kier molecular flexibility index (Phi) is 6.75. The zero-order valence-corrected chi connectivity index (χ0v) is 21.8. The van der Waals surface area contributed by atoms with Crippen LogP contribution in [0, 0.1) is 6.92 Å². The van der Waals surface area contributed by atoms with Gasteiger partial charge in [-0.25, -0.2) is 8.42 Å². The number of ether oxygens (including phenoxy) is 2. The van der Waals surface area contributed by atoms with Crippen molar-refractivity contribution < 1.29 is 17.9 Å². The number of hydrogen-bond donors (Lipinski definition) is 1. The van der Waals surface area contributed by atoms with Crippen LogP contribution in [-0.4, -0.2) is 33.9 Å². The fraction of sp³-hybridized carbons (Fsp3) is 0.345. The highest BCUT2D eigenvalue weighted by Gasteiger charge is 2.34. The molecule has 0 unspecified atom stereocenters. The third-order valence-corrected chi connectivity index (χ3v) is 8.45. The van der Waals surface area contributed by atoms with Crippen LogP contribution in [0.15, 0.2) is 70.6 Å². The third-order valence-electron chi connectivity index (χ3n) is 7.06. The summed E-state index contributed by atoms with van der Waals surface area (Å²) in [7, 11) is -2.01. The maximum Gasteiger partial charge on any atom is 0.261 e. The number of nitrogens with zero attached hydrogens (tertiary/aromatic N) is 1. The molecule has 0 spiro atoms. The van der Waals surface area contributed by atoms with E-state index in [-0.39, 0.29) is 10.9 Å². The summed E-state index contributed by atoms with van der Waals surface area (Å²) in [6.07, 6.45) is 4.57. The minimum Gasteiger partial charge on any atom is -0.493 e. The van der Waals surface area contributed by atoms with Gasteiger partial charge in [0.2, 0.25) is 0 Å². The second kappa shape index (κ2) is 9.97.